The van der Waals surface area contributed by atoms with E-state index in [0.717, 1.165) is 24.8 Å². The lowest BCUT2D eigenvalue weighted by atomic mass is 10.1. The molecule has 0 aliphatic carbocycles. The van der Waals surface area contributed by atoms with Crippen LogP contribution in [0.2, 0.25) is 0 Å². The monoisotopic (exact) mass is 494 g/mol. The molecule has 1 aliphatic heterocycles. The minimum absolute atomic E-state index is 0.0878. The molecule has 0 atom stereocenters. The van der Waals surface area contributed by atoms with Gasteiger partial charge in [-0.1, -0.05) is 12.1 Å². The Morgan fingerprint density at radius 2 is 1.69 bits per heavy atom. The Bertz CT molecular complexity index is 1240. The number of methoxy groups -OCH3 is 2. The van der Waals surface area contributed by atoms with Crippen molar-refractivity contribution in [2.45, 2.75) is 25.7 Å². The third-order valence-electron chi connectivity index (χ3n) is 6.39. The van der Waals surface area contributed by atoms with Crippen molar-refractivity contribution in [3.8, 4) is 11.5 Å². The maximum Gasteiger partial charge on any atom is 0.269 e. The second-order valence-corrected chi connectivity index (χ2v) is 8.63. The molecule has 0 saturated carbocycles. The van der Waals surface area contributed by atoms with E-state index in [1.807, 2.05) is 9.80 Å². The molecule has 0 bridgehead atoms. The number of nitrogen functional groups attached to an aromatic ring is 1. The van der Waals surface area contributed by atoms with Gasteiger partial charge in [0.1, 0.15) is 5.82 Å². The molecule has 1 saturated heterocycles. The number of nitro groups is 1. The summed E-state index contributed by atoms with van der Waals surface area (Å²) in [7, 11) is 3.13. The lowest BCUT2D eigenvalue weighted by Crippen LogP contribution is -2.49. The van der Waals surface area contributed by atoms with Crippen molar-refractivity contribution in [3.63, 3.8) is 0 Å². The van der Waals surface area contributed by atoms with Gasteiger partial charge < -0.3 is 25.0 Å². The smallest absolute Gasteiger partial charge is 0.269 e. The normalized spacial score (nSPS) is 13.6. The molecule has 1 aliphatic rings. The van der Waals surface area contributed by atoms with E-state index in [-0.39, 0.29) is 11.6 Å². The van der Waals surface area contributed by atoms with E-state index in [0.29, 0.717) is 66.8 Å². The fourth-order valence-corrected chi connectivity index (χ4v) is 4.31. The number of unbranched alkanes of at least 4 members (excludes halogenated alkanes) is 1. The van der Waals surface area contributed by atoms with E-state index in [4.69, 9.17) is 15.2 Å². The van der Waals surface area contributed by atoms with Crippen LogP contribution in [-0.4, -0.2) is 66.1 Å². The number of piperazine rings is 1. The van der Waals surface area contributed by atoms with Crippen molar-refractivity contribution >= 4 is 34.3 Å². The number of non-ortho nitro benzene ring substituents is 1. The molecule has 2 heterocycles. The van der Waals surface area contributed by atoms with E-state index < -0.39 is 4.92 Å². The van der Waals surface area contributed by atoms with Crippen LogP contribution in [0.5, 0.6) is 11.5 Å². The zero-order valence-electron chi connectivity index (χ0n) is 20.5. The minimum atomic E-state index is -0.405. The first-order chi connectivity index (χ1) is 17.4. The van der Waals surface area contributed by atoms with Crippen LogP contribution in [0.4, 0.5) is 17.5 Å². The summed E-state index contributed by atoms with van der Waals surface area (Å²) in [6.07, 6.45) is 2.89. The zero-order valence-corrected chi connectivity index (χ0v) is 20.5. The summed E-state index contributed by atoms with van der Waals surface area (Å²) in [5, 5.41) is 11.4. The molecule has 1 aromatic heterocycles. The fraction of sp³-hybridized carbons (Fsp3) is 0.400. The van der Waals surface area contributed by atoms with Gasteiger partial charge in [0.05, 0.1) is 24.7 Å². The van der Waals surface area contributed by atoms with Gasteiger partial charge in [-0.3, -0.25) is 14.9 Å². The number of nitrogens with two attached hydrogens (primary N) is 1. The van der Waals surface area contributed by atoms with Crippen LogP contribution in [0.25, 0.3) is 10.9 Å². The molecular formula is C25H30N6O5. The van der Waals surface area contributed by atoms with Crippen LogP contribution in [-0.2, 0) is 11.2 Å². The number of rotatable bonds is 9. The second-order valence-electron chi connectivity index (χ2n) is 8.63. The summed E-state index contributed by atoms with van der Waals surface area (Å²) in [6.45, 7) is 2.42. The van der Waals surface area contributed by atoms with Crippen LogP contribution < -0.4 is 20.1 Å². The number of ether oxygens (including phenoxy) is 2. The number of nitro benzene ring substituents is 1. The third kappa shape index (κ3) is 5.56. The Morgan fingerprint density at radius 3 is 2.33 bits per heavy atom. The Labute approximate surface area is 209 Å². The van der Waals surface area contributed by atoms with Gasteiger partial charge >= 0.3 is 0 Å². The lowest BCUT2D eigenvalue weighted by Gasteiger charge is -2.35. The van der Waals surface area contributed by atoms with Crippen molar-refractivity contribution < 1.29 is 19.2 Å². The number of hydrogen-bond acceptors (Lipinski definition) is 9. The number of amides is 1. The predicted octanol–water partition coefficient (Wildman–Crippen LogP) is 3.20. The molecule has 11 heteroatoms. The van der Waals surface area contributed by atoms with Gasteiger partial charge in [0.25, 0.3) is 5.69 Å². The van der Waals surface area contributed by atoms with E-state index in [1.54, 1.807) is 38.5 Å². The zero-order chi connectivity index (χ0) is 25.7. The minimum Gasteiger partial charge on any atom is -0.493 e. The molecule has 0 radical (unpaired) electrons. The molecule has 2 aromatic carbocycles. The van der Waals surface area contributed by atoms with Gasteiger partial charge in [-0.15, -0.1) is 0 Å². The Balaban J connectivity index is 1.28. The molecule has 1 fully saturated rings. The fourth-order valence-electron chi connectivity index (χ4n) is 4.31. The summed E-state index contributed by atoms with van der Waals surface area (Å²) in [6, 6.07) is 10.1. The predicted molar refractivity (Wildman–Crippen MR) is 136 cm³/mol. The largest absolute Gasteiger partial charge is 0.493 e. The first-order valence-corrected chi connectivity index (χ1v) is 11.8. The molecule has 11 nitrogen and oxygen atoms in total. The number of fused-ring (bicyclic) bond motifs is 1. The quantitative estimate of drug-likeness (QED) is 0.270. The topological polar surface area (TPSA) is 137 Å². The SMILES string of the molecule is COc1cc2nc(N3CCN(C(=O)CCCCc4ccc([N+](=O)[O-])cc4)CC3)nc(N)c2cc1OC. The van der Waals surface area contributed by atoms with Crippen molar-refractivity contribution in [3.05, 3.63) is 52.1 Å². The van der Waals surface area contributed by atoms with Crippen molar-refractivity contribution in [2.24, 2.45) is 0 Å². The second kappa shape index (κ2) is 11.1. The van der Waals surface area contributed by atoms with E-state index in [1.165, 1.54) is 12.1 Å². The molecule has 0 unspecified atom stereocenters. The number of benzene rings is 2. The van der Waals surface area contributed by atoms with Gasteiger partial charge in [0.15, 0.2) is 11.5 Å². The average Bonchev–Trinajstić information content (AvgIpc) is 2.90. The van der Waals surface area contributed by atoms with Crippen LogP contribution in [0.3, 0.4) is 0 Å². The van der Waals surface area contributed by atoms with Gasteiger partial charge in [-0.2, -0.15) is 4.98 Å². The molecule has 1 amide bonds. The first kappa shape index (κ1) is 25.0. The van der Waals surface area contributed by atoms with Gasteiger partial charge in [-0.25, -0.2) is 4.98 Å². The van der Waals surface area contributed by atoms with Crippen molar-refractivity contribution in [2.75, 3.05) is 51.0 Å². The highest BCUT2D eigenvalue weighted by atomic mass is 16.6. The Morgan fingerprint density at radius 1 is 1.03 bits per heavy atom. The number of hydrogen-bond donors (Lipinski definition) is 1. The molecule has 4 rings (SSSR count). The molecule has 3 aromatic rings. The standard InChI is InChI=1S/C25H30N6O5/c1-35-21-15-19-20(16-22(21)36-2)27-25(28-24(19)26)30-13-11-29(12-14-30)23(32)6-4-3-5-17-7-9-18(10-8-17)31(33)34/h7-10,15-16H,3-6,11-14H2,1-2H3,(H2,26,27,28). The molecule has 2 N–H and O–H groups in total. The number of anilines is 2. The van der Waals surface area contributed by atoms with Gasteiger partial charge in [0, 0.05) is 56.2 Å². The highest BCUT2D eigenvalue weighted by Crippen LogP contribution is 2.34. The lowest BCUT2D eigenvalue weighted by molar-refractivity contribution is -0.384. The summed E-state index contributed by atoms with van der Waals surface area (Å²) < 4.78 is 10.7. The summed E-state index contributed by atoms with van der Waals surface area (Å²) in [4.78, 5) is 36.1. The number of aryl methyl sites for hydroxylation is 1. The summed E-state index contributed by atoms with van der Waals surface area (Å²) in [5.74, 6) is 2.16. The third-order valence-corrected chi connectivity index (χ3v) is 6.39. The molecular weight excluding hydrogens is 464 g/mol. The molecule has 0 spiro atoms. The van der Waals surface area contributed by atoms with E-state index in [2.05, 4.69) is 9.97 Å². The van der Waals surface area contributed by atoms with Crippen LogP contribution in [0.1, 0.15) is 24.8 Å². The average molecular weight is 495 g/mol. The number of carbonyl (C=O) groups excluding carboxylic acids is 1. The first-order valence-electron chi connectivity index (χ1n) is 11.8. The van der Waals surface area contributed by atoms with Crippen LogP contribution >= 0.6 is 0 Å². The highest BCUT2D eigenvalue weighted by molar-refractivity contribution is 5.91. The van der Waals surface area contributed by atoms with Gasteiger partial charge in [0.2, 0.25) is 11.9 Å². The van der Waals surface area contributed by atoms with E-state index >= 15 is 0 Å². The maximum absolute atomic E-state index is 12.7. The van der Waals surface area contributed by atoms with Gasteiger partial charge in [-0.05, 0) is 30.9 Å². The highest BCUT2D eigenvalue weighted by Gasteiger charge is 2.23. The molecule has 190 valence electrons. The Hall–Kier alpha value is -4.15. The van der Waals surface area contributed by atoms with Crippen molar-refractivity contribution in [1.29, 1.82) is 0 Å². The van der Waals surface area contributed by atoms with Crippen LogP contribution in [0, 0.1) is 10.1 Å². The number of aromatic nitrogens is 2. The maximum atomic E-state index is 12.7. The number of nitrogens with zero attached hydrogens (tertiary/aromatic N) is 5. The Kier molecular flexibility index (Phi) is 7.67. The summed E-state index contributed by atoms with van der Waals surface area (Å²) in [5.41, 5.74) is 8.01. The number of carbonyl (C=O) groups is 1. The molecule has 36 heavy (non-hydrogen) atoms. The van der Waals surface area contributed by atoms with E-state index in [9.17, 15) is 14.9 Å². The van der Waals surface area contributed by atoms with Crippen LogP contribution in [0.15, 0.2) is 36.4 Å². The summed E-state index contributed by atoms with van der Waals surface area (Å²) >= 11 is 0. The van der Waals surface area contributed by atoms with Crippen molar-refractivity contribution in [1.82, 2.24) is 14.9 Å².